The van der Waals surface area contributed by atoms with E-state index in [0.717, 1.165) is 0 Å². The van der Waals surface area contributed by atoms with E-state index in [0.29, 0.717) is 29.9 Å². The van der Waals surface area contributed by atoms with Gasteiger partial charge in [0, 0.05) is 13.2 Å². The van der Waals surface area contributed by atoms with E-state index in [2.05, 4.69) is 20.4 Å². The number of carbonyl (C=O) groups is 2. The van der Waals surface area contributed by atoms with E-state index < -0.39 is 23.5 Å². The summed E-state index contributed by atoms with van der Waals surface area (Å²) in [6.07, 6.45) is 1.61. The lowest BCUT2D eigenvalue weighted by Gasteiger charge is -2.24. The largest absolute Gasteiger partial charge is 0.475 e. The summed E-state index contributed by atoms with van der Waals surface area (Å²) in [6.45, 7) is 6.12. The summed E-state index contributed by atoms with van der Waals surface area (Å²) >= 11 is 1.35. The molecule has 3 heterocycles. The van der Waals surface area contributed by atoms with E-state index in [1.54, 1.807) is 46.2 Å². The Labute approximate surface area is 184 Å². The van der Waals surface area contributed by atoms with Crippen molar-refractivity contribution in [2.45, 2.75) is 37.8 Å². The second-order valence-electron chi connectivity index (χ2n) is 7.77. The predicted molar refractivity (Wildman–Crippen MR) is 117 cm³/mol. The smallest absolute Gasteiger partial charge is 0.327 e. The lowest BCUT2D eigenvalue weighted by atomic mass is 10.2. The molecule has 12 heteroatoms. The van der Waals surface area contributed by atoms with E-state index in [1.165, 1.54) is 16.8 Å². The number of thioether (sulfide) groups is 1. The zero-order chi connectivity index (χ0) is 22.6. The van der Waals surface area contributed by atoms with Crippen LogP contribution in [0.25, 0.3) is 0 Å². The van der Waals surface area contributed by atoms with Crippen LogP contribution in [0.4, 0.5) is 5.69 Å². The number of hydrogen-bond donors (Lipinski definition) is 2. The third-order valence-electron chi connectivity index (χ3n) is 4.06. The normalized spacial score (nSPS) is 20.1. The second kappa shape index (κ2) is 9.52. The van der Waals surface area contributed by atoms with Gasteiger partial charge in [-0.15, -0.1) is 0 Å². The maximum atomic E-state index is 12.2. The maximum Gasteiger partial charge on any atom is 0.327 e. The Balaban J connectivity index is 1.64. The molecule has 0 aromatic carbocycles. The molecule has 11 nitrogen and oxygen atoms in total. The molecule has 1 amide bonds. The Morgan fingerprint density at radius 3 is 2.68 bits per heavy atom. The maximum absolute atomic E-state index is 12.2. The van der Waals surface area contributed by atoms with Crippen molar-refractivity contribution in [2.75, 3.05) is 32.2 Å². The predicted octanol–water partition coefficient (Wildman–Crippen LogP) is 0.815. The number of hydrazone groups is 1. The number of hydrogen-bond acceptors (Lipinski definition) is 11. The summed E-state index contributed by atoms with van der Waals surface area (Å²) in [5, 5.41) is 9.05. The molecule has 2 aliphatic heterocycles. The third kappa shape index (κ3) is 6.07. The highest BCUT2D eigenvalue weighted by Gasteiger charge is 2.46. The molecule has 0 radical (unpaired) electrons. The number of nitrogens with one attached hydrogen (secondary N) is 1. The van der Waals surface area contributed by atoms with Gasteiger partial charge in [-0.25, -0.2) is 9.98 Å². The van der Waals surface area contributed by atoms with Crippen LogP contribution >= 0.6 is 11.8 Å². The van der Waals surface area contributed by atoms with Crippen molar-refractivity contribution in [3.63, 3.8) is 0 Å². The van der Waals surface area contributed by atoms with Gasteiger partial charge in [-0.05, 0) is 26.8 Å². The quantitative estimate of drug-likeness (QED) is 0.435. The summed E-state index contributed by atoms with van der Waals surface area (Å²) in [7, 11) is 1.60. The van der Waals surface area contributed by atoms with E-state index in [1.807, 2.05) is 0 Å². The number of fused-ring (bicyclic) bond motifs is 1. The lowest BCUT2D eigenvalue weighted by molar-refractivity contribution is -0.156. The molecule has 31 heavy (non-hydrogen) atoms. The zero-order valence-electron chi connectivity index (χ0n) is 17.8. The van der Waals surface area contributed by atoms with Gasteiger partial charge in [0.05, 0.1) is 18.5 Å². The van der Waals surface area contributed by atoms with E-state index in [9.17, 15) is 9.59 Å². The SMILES string of the molecule is COCCOc1ccc(NC2=NC3C(C(N)=O)=NN(CC(=O)OC(C)(C)C)C3S2)cn1. The van der Waals surface area contributed by atoms with Crippen molar-refractivity contribution in [3.8, 4) is 5.88 Å². The van der Waals surface area contributed by atoms with Crippen LogP contribution in [0.2, 0.25) is 0 Å². The first kappa shape index (κ1) is 22.8. The molecular formula is C19H26N6O5S. The molecule has 0 spiro atoms. The fourth-order valence-electron chi connectivity index (χ4n) is 2.85. The van der Waals surface area contributed by atoms with Crippen LogP contribution in [-0.2, 0) is 19.1 Å². The number of esters is 1. The van der Waals surface area contributed by atoms with Gasteiger partial charge in [0.25, 0.3) is 5.91 Å². The Morgan fingerprint density at radius 1 is 1.29 bits per heavy atom. The molecule has 0 aliphatic carbocycles. The molecule has 2 unspecified atom stereocenters. The number of carbonyl (C=O) groups excluding carboxylic acids is 2. The number of nitrogens with zero attached hydrogens (tertiary/aromatic N) is 4. The topological polar surface area (TPSA) is 141 Å². The number of rotatable bonds is 8. The van der Waals surface area contributed by atoms with Gasteiger partial charge in [0.2, 0.25) is 5.88 Å². The number of methoxy groups -OCH3 is 1. The Morgan fingerprint density at radius 2 is 2.06 bits per heavy atom. The van der Waals surface area contributed by atoms with Crippen molar-refractivity contribution >= 4 is 40.2 Å². The fraction of sp³-hybridized carbons (Fsp3) is 0.526. The summed E-state index contributed by atoms with van der Waals surface area (Å²) in [4.78, 5) is 32.8. The fourth-order valence-corrected chi connectivity index (χ4v) is 4.00. The molecule has 3 rings (SSSR count). The number of primary amides is 1. The van der Waals surface area contributed by atoms with E-state index >= 15 is 0 Å². The van der Waals surface area contributed by atoms with Crippen LogP contribution in [0.15, 0.2) is 28.4 Å². The minimum Gasteiger partial charge on any atom is -0.475 e. The van der Waals surface area contributed by atoms with Crippen LogP contribution < -0.4 is 15.8 Å². The van der Waals surface area contributed by atoms with Crippen molar-refractivity contribution in [3.05, 3.63) is 18.3 Å². The first-order chi connectivity index (χ1) is 14.7. The Hall–Kier alpha value is -2.86. The van der Waals surface area contributed by atoms with Crippen LogP contribution in [-0.4, -0.2) is 76.6 Å². The average Bonchev–Trinajstić information content (AvgIpc) is 3.21. The first-order valence-corrected chi connectivity index (χ1v) is 10.5. The molecule has 0 saturated carbocycles. The molecule has 0 fully saturated rings. The highest BCUT2D eigenvalue weighted by atomic mass is 32.2. The van der Waals surface area contributed by atoms with Gasteiger partial charge < -0.3 is 25.3 Å². The number of ether oxygens (including phenoxy) is 3. The number of nitrogens with two attached hydrogens (primary N) is 1. The van der Waals surface area contributed by atoms with Crippen molar-refractivity contribution in [1.82, 2.24) is 9.99 Å². The lowest BCUT2D eigenvalue weighted by Crippen LogP contribution is -2.38. The van der Waals surface area contributed by atoms with Crippen molar-refractivity contribution < 1.29 is 23.8 Å². The standard InChI is InChI=1S/C19H26N6O5S/c1-19(2,3)30-13(26)10-25-17-15(14(24-25)16(20)27)23-18(31-17)22-11-5-6-12(21-9-11)29-8-7-28-4/h5-6,9,15,17H,7-8,10H2,1-4H3,(H2,20,27)(H,22,23). The van der Waals surface area contributed by atoms with Crippen LogP contribution in [0.5, 0.6) is 5.88 Å². The molecule has 2 aliphatic rings. The number of aliphatic imine (C=N–C) groups is 1. The third-order valence-corrected chi connectivity index (χ3v) is 5.23. The number of aromatic nitrogens is 1. The van der Waals surface area contributed by atoms with Gasteiger partial charge in [-0.3, -0.25) is 14.6 Å². The van der Waals surface area contributed by atoms with Crippen molar-refractivity contribution in [1.29, 1.82) is 0 Å². The summed E-state index contributed by atoms with van der Waals surface area (Å²) in [5.74, 6) is -0.644. The molecule has 0 bridgehead atoms. The van der Waals surface area contributed by atoms with Crippen molar-refractivity contribution in [2.24, 2.45) is 15.8 Å². The summed E-state index contributed by atoms with van der Waals surface area (Å²) < 4.78 is 15.7. The Bertz CT molecular complexity index is 883. The van der Waals surface area contributed by atoms with Gasteiger partial charge in [-0.2, -0.15) is 5.10 Å². The second-order valence-corrected chi connectivity index (χ2v) is 8.88. The number of pyridine rings is 1. The van der Waals surface area contributed by atoms with Crippen LogP contribution in [0.3, 0.4) is 0 Å². The number of amidine groups is 1. The van der Waals surface area contributed by atoms with Gasteiger partial charge >= 0.3 is 5.97 Å². The molecular weight excluding hydrogens is 424 g/mol. The monoisotopic (exact) mass is 450 g/mol. The minimum atomic E-state index is -0.675. The van der Waals surface area contributed by atoms with Gasteiger partial charge in [-0.1, -0.05) is 11.8 Å². The highest BCUT2D eigenvalue weighted by molar-refractivity contribution is 8.15. The highest BCUT2D eigenvalue weighted by Crippen LogP contribution is 2.35. The summed E-state index contributed by atoms with van der Waals surface area (Å²) in [6, 6.07) is 2.95. The van der Waals surface area contributed by atoms with E-state index in [-0.39, 0.29) is 17.6 Å². The molecule has 2 atom stereocenters. The van der Waals surface area contributed by atoms with E-state index in [4.69, 9.17) is 19.9 Å². The Kier molecular flexibility index (Phi) is 7.01. The number of amides is 1. The number of anilines is 1. The molecule has 1 aromatic rings. The summed E-state index contributed by atoms with van der Waals surface area (Å²) in [5.41, 5.74) is 5.65. The van der Waals surface area contributed by atoms with Gasteiger partial charge in [0.15, 0.2) is 10.9 Å². The molecule has 3 N–H and O–H groups in total. The van der Waals surface area contributed by atoms with Crippen LogP contribution in [0, 0.1) is 0 Å². The zero-order valence-corrected chi connectivity index (χ0v) is 18.6. The minimum absolute atomic E-state index is 0.109. The molecule has 1 aromatic heterocycles. The molecule has 168 valence electrons. The average molecular weight is 451 g/mol. The molecule has 0 saturated heterocycles. The first-order valence-electron chi connectivity index (χ1n) is 9.62. The van der Waals surface area contributed by atoms with Gasteiger partial charge in [0.1, 0.15) is 30.2 Å². The van der Waals surface area contributed by atoms with Crippen LogP contribution in [0.1, 0.15) is 20.8 Å².